The van der Waals surface area contributed by atoms with Gasteiger partial charge in [0.2, 0.25) is 0 Å². The lowest BCUT2D eigenvalue weighted by molar-refractivity contribution is -0.137. The number of rotatable bonds is 12. The normalized spacial score (nSPS) is 19.1. The quantitative estimate of drug-likeness (QED) is 0.242. The van der Waals surface area contributed by atoms with Crippen LogP contribution in [0.2, 0.25) is 5.02 Å². The number of aromatic nitrogens is 1. The van der Waals surface area contributed by atoms with Crippen molar-refractivity contribution in [2.45, 2.75) is 43.2 Å². The minimum Gasteiger partial charge on any atom is -0.497 e. The van der Waals surface area contributed by atoms with Gasteiger partial charge < -0.3 is 14.7 Å². The monoisotopic (exact) mass is 544 g/mol. The molecule has 37 heavy (non-hydrogen) atoms. The molecular formula is C29H34ClFN2O3S. The summed E-state index contributed by atoms with van der Waals surface area (Å²) in [6.07, 6.45) is 3.43. The van der Waals surface area contributed by atoms with E-state index in [1.807, 2.05) is 42.5 Å². The molecule has 198 valence electrons. The average Bonchev–Trinajstić information content (AvgIpc) is 2.91. The molecule has 3 atom stereocenters. The van der Waals surface area contributed by atoms with Gasteiger partial charge in [-0.3, -0.25) is 9.78 Å². The minimum absolute atomic E-state index is 0.150. The maximum Gasteiger partial charge on any atom is 0.303 e. The Morgan fingerprint density at radius 3 is 2.86 bits per heavy atom. The van der Waals surface area contributed by atoms with Crippen LogP contribution in [0.5, 0.6) is 5.75 Å². The molecule has 0 radical (unpaired) electrons. The number of hydrogen-bond donors (Lipinski definition) is 1. The number of carbonyl (C=O) groups is 1. The van der Waals surface area contributed by atoms with Gasteiger partial charge in [0.05, 0.1) is 17.6 Å². The Labute approximate surface area is 227 Å². The molecule has 0 spiro atoms. The summed E-state index contributed by atoms with van der Waals surface area (Å²) in [5.41, 5.74) is 1.39. The molecule has 1 saturated heterocycles. The number of carboxylic acid groups (broad SMARTS) is 1. The first kappa shape index (κ1) is 27.7. The number of carboxylic acids is 1. The van der Waals surface area contributed by atoms with Gasteiger partial charge in [-0.2, -0.15) is 0 Å². The van der Waals surface area contributed by atoms with Crippen LogP contribution < -0.4 is 4.74 Å². The van der Waals surface area contributed by atoms with Crippen molar-refractivity contribution in [3.63, 3.8) is 0 Å². The van der Waals surface area contributed by atoms with Gasteiger partial charge in [-0.15, -0.1) is 11.8 Å². The largest absolute Gasteiger partial charge is 0.497 e. The molecule has 2 heterocycles. The summed E-state index contributed by atoms with van der Waals surface area (Å²) >= 11 is 8.03. The number of thioether (sulfide) groups is 1. The van der Waals surface area contributed by atoms with E-state index in [9.17, 15) is 9.90 Å². The standard InChI is InChI=1S/C29H34ClFN2O3S/c1-36-22-8-10-27-24(18-22)23(12-14-32-27)26(31)9-6-20-13-15-33(19-21(20)7-11-29(34)35)16-17-37-28-5-3-2-4-25(28)30/h2-5,8,10,12,14,18,20-21,26H,6-7,9,11,13,15-17,19H2,1H3,(H,34,35)/t20?,21?,26-/m0/s1. The van der Waals surface area contributed by atoms with E-state index in [-0.39, 0.29) is 12.3 Å². The first-order valence-electron chi connectivity index (χ1n) is 12.8. The number of nitrogens with zero attached hydrogens (tertiary/aromatic N) is 2. The summed E-state index contributed by atoms with van der Waals surface area (Å²) in [5, 5.41) is 10.8. The number of hydrogen-bond acceptors (Lipinski definition) is 5. The van der Waals surface area contributed by atoms with E-state index in [0.717, 1.165) is 59.0 Å². The topological polar surface area (TPSA) is 62.7 Å². The van der Waals surface area contributed by atoms with E-state index >= 15 is 4.39 Å². The molecular weight excluding hydrogens is 511 g/mol. The number of benzene rings is 2. The van der Waals surface area contributed by atoms with Crippen LogP contribution in [-0.4, -0.2) is 53.5 Å². The Hall–Kier alpha value is -2.35. The zero-order valence-corrected chi connectivity index (χ0v) is 22.7. The number of ether oxygens (including phenoxy) is 1. The van der Waals surface area contributed by atoms with Gasteiger partial charge in [-0.05, 0) is 86.0 Å². The van der Waals surface area contributed by atoms with Crippen LogP contribution >= 0.6 is 23.4 Å². The van der Waals surface area contributed by atoms with Gasteiger partial charge in [-0.1, -0.05) is 23.7 Å². The smallest absolute Gasteiger partial charge is 0.303 e. The summed E-state index contributed by atoms with van der Waals surface area (Å²) in [4.78, 5) is 19.2. The molecule has 1 N–H and O–H groups in total. The number of alkyl halides is 1. The van der Waals surface area contributed by atoms with Crippen molar-refractivity contribution in [1.82, 2.24) is 9.88 Å². The van der Waals surface area contributed by atoms with Crippen molar-refractivity contribution in [2.75, 3.05) is 32.5 Å². The first-order chi connectivity index (χ1) is 17.9. The van der Waals surface area contributed by atoms with Crippen molar-refractivity contribution in [1.29, 1.82) is 0 Å². The number of likely N-dealkylation sites (tertiary alicyclic amines) is 1. The molecule has 0 bridgehead atoms. The van der Waals surface area contributed by atoms with Crippen LogP contribution in [-0.2, 0) is 4.79 Å². The van der Waals surface area contributed by atoms with Crippen molar-refractivity contribution >= 4 is 40.2 Å². The van der Waals surface area contributed by atoms with Gasteiger partial charge >= 0.3 is 5.97 Å². The number of halogens is 2. The molecule has 2 unspecified atom stereocenters. The number of fused-ring (bicyclic) bond motifs is 1. The van der Waals surface area contributed by atoms with Crippen LogP contribution in [0.25, 0.3) is 10.9 Å². The molecule has 0 amide bonds. The third kappa shape index (κ3) is 7.59. The fraction of sp³-hybridized carbons (Fsp3) is 0.448. The van der Waals surface area contributed by atoms with Crippen LogP contribution in [0.4, 0.5) is 4.39 Å². The third-order valence-electron chi connectivity index (χ3n) is 7.32. The van der Waals surface area contributed by atoms with E-state index in [0.29, 0.717) is 30.1 Å². The zero-order chi connectivity index (χ0) is 26.2. The second-order valence-corrected chi connectivity index (χ2v) is 11.2. The highest BCUT2D eigenvalue weighted by Crippen LogP contribution is 2.37. The van der Waals surface area contributed by atoms with Gasteiger partial charge in [0.25, 0.3) is 0 Å². The van der Waals surface area contributed by atoms with Crippen LogP contribution in [0.1, 0.15) is 43.8 Å². The molecule has 2 aromatic carbocycles. The molecule has 5 nitrogen and oxygen atoms in total. The molecule has 1 aromatic heterocycles. The number of piperidine rings is 1. The second-order valence-electron chi connectivity index (χ2n) is 9.65. The highest BCUT2D eigenvalue weighted by Gasteiger charge is 2.30. The SMILES string of the molecule is COc1ccc2nccc([C@@H](F)CCC3CCN(CCSc4ccccc4Cl)CC3CCC(=O)O)c2c1. The van der Waals surface area contributed by atoms with Gasteiger partial charge in [0.1, 0.15) is 11.9 Å². The minimum atomic E-state index is -1.11. The summed E-state index contributed by atoms with van der Waals surface area (Å²) in [7, 11) is 1.60. The molecule has 1 aliphatic rings. The maximum absolute atomic E-state index is 15.5. The third-order valence-corrected chi connectivity index (χ3v) is 8.81. The summed E-state index contributed by atoms with van der Waals surface area (Å²) in [6.45, 7) is 2.72. The summed E-state index contributed by atoms with van der Waals surface area (Å²) in [6, 6.07) is 15.1. The fourth-order valence-electron chi connectivity index (χ4n) is 5.28. The predicted molar refractivity (Wildman–Crippen MR) is 148 cm³/mol. The molecule has 1 aliphatic heterocycles. The Kier molecular flexibility index (Phi) is 10.1. The van der Waals surface area contributed by atoms with E-state index in [1.54, 1.807) is 31.1 Å². The second kappa shape index (κ2) is 13.4. The Morgan fingerprint density at radius 1 is 1.24 bits per heavy atom. The van der Waals surface area contributed by atoms with Crippen molar-refractivity contribution in [3.8, 4) is 5.75 Å². The van der Waals surface area contributed by atoms with E-state index in [4.69, 9.17) is 16.3 Å². The first-order valence-corrected chi connectivity index (χ1v) is 14.2. The summed E-state index contributed by atoms with van der Waals surface area (Å²) in [5.74, 6) is 1.39. The molecule has 0 saturated carbocycles. The zero-order valence-electron chi connectivity index (χ0n) is 21.1. The van der Waals surface area contributed by atoms with Gasteiger partial charge in [-0.25, -0.2) is 4.39 Å². The lowest BCUT2D eigenvalue weighted by atomic mass is 9.79. The number of aliphatic carboxylic acids is 1. The number of pyridine rings is 1. The fourth-order valence-corrected chi connectivity index (χ4v) is 6.53. The van der Waals surface area contributed by atoms with E-state index in [2.05, 4.69) is 9.88 Å². The van der Waals surface area contributed by atoms with Crippen molar-refractivity contribution in [2.24, 2.45) is 11.8 Å². The highest BCUT2D eigenvalue weighted by atomic mass is 35.5. The molecule has 0 aliphatic carbocycles. The van der Waals surface area contributed by atoms with Crippen LogP contribution in [0.3, 0.4) is 0 Å². The summed E-state index contributed by atoms with van der Waals surface area (Å²) < 4.78 is 20.9. The van der Waals surface area contributed by atoms with Crippen molar-refractivity contribution < 1.29 is 19.0 Å². The maximum atomic E-state index is 15.5. The van der Waals surface area contributed by atoms with E-state index < -0.39 is 12.1 Å². The molecule has 1 fully saturated rings. The lowest BCUT2D eigenvalue weighted by Gasteiger charge is -2.39. The molecule has 3 aromatic rings. The van der Waals surface area contributed by atoms with Crippen LogP contribution in [0, 0.1) is 11.8 Å². The predicted octanol–water partition coefficient (Wildman–Crippen LogP) is 7.28. The Morgan fingerprint density at radius 2 is 2.08 bits per heavy atom. The van der Waals surface area contributed by atoms with Crippen molar-refractivity contribution in [3.05, 3.63) is 65.3 Å². The van der Waals surface area contributed by atoms with Gasteiger partial charge in [0, 0.05) is 41.7 Å². The lowest BCUT2D eigenvalue weighted by Crippen LogP contribution is -2.41. The highest BCUT2D eigenvalue weighted by molar-refractivity contribution is 7.99. The van der Waals surface area contributed by atoms with Crippen LogP contribution in [0.15, 0.2) is 59.6 Å². The average molecular weight is 545 g/mol. The number of methoxy groups -OCH3 is 1. The van der Waals surface area contributed by atoms with Gasteiger partial charge in [0.15, 0.2) is 0 Å². The molecule has 8 heteroatoms. The van der Waals surface area contributed by atoms with E-state index in [1.165, 1.54) is 0 Å². The Balaban J connectivity index is 1.35. The Bertz CT molecular complexity index is 1200. The molecule has 4 rings (SSSR count).